The second-order valence-electron chi connectivity index (χ2n) is 4.07. The fourth-order valence-corrected chi connectivity index (χ4v) is 2.24. The summed E-state index contributed by atoms with van der Waals surface area (Å²) in [5.74, 6) is 0. The van der Waals surface area contributed by atoms with Gasteiger partial charge in [0, 0.05) is 6.07 Å². The number of aromatic nitrogens is 6. The number of hydrogen-bond donors (Lipinski definition) is 1. The molecule has 4 aromatic rings. The number of H-pyrrole nitrogens is 1. The van der Waals surface area contributed by atoms with Gasteiger partial charge in [-0.2, -0.15) is 5.10 Å². The molecule has 3 aromatic heterocycles. The van der Waals surface area contributed by atoms with Crippen molar-refractivity contribution in [1.29, 1.82) is 0 Å². The van der Waals surface area contributed by atoms with Gasteiger partial charge in [0.1, 0.15) is 22.9 Å². The summed E-state index contributed by atoms with van der Waals surface area (Å²) in [7, 11) is 0. The van der Waals surface area contributed by atoms with Crippen molar-refractivity contribution in [3.63, 3.8) is 0 Å². The third-order valence-corrected chi connectivity index (χ3v) is 3.12. The highest BCUT2D eigenvalue weighted by Gasteiger charge is 2.14. The van der Waals surface area contributed by atoms with Crippen LogP contribution in [0.1, 0.15) is 0 Å². The highest BCUT2D eigenvalue weighted by Crippen LogP contribution is 2.24. The van der Waals surface area contributed by atoms with E-state index in [9.17, 15) is 0 Å². The summed E-state index contributed by atoms with van der Waals surface area (Å²) in [6.45, 7) is 0. The summed E-state index contributed by atoms with van der Waals surface area (Å²) in [5, 5.41) is 15.3. The zero-order valence-electron chi connectivity index (χ0n) is 9.58. The predicted molar refractivity (Wildman–Crippen MR) is 70.9 cm³/mol. The average molecular weight is 271 g/mol. The second kappa shape index (κ2) is 3.76. The fourth-order valence-electron chi connectivity index (χ4n) is 2.10. The van der Waals surface area contributed by atoms with Gasteiger partial charge in [0.2, 0.25) is 0 Å². The Morgan fingerprint density at radius 3 is 2.95 bits per heavy atom. The first-order valence-corrected chi connectivity index (χ1v) is 6.00. The minimum absolute atomic E-state index is 0.461. The molecule has 0 aliphatic heterocycles. The average Bonchev–Trinajstić information content (AvgIpc) is 3.06. The van der Waals surface area contributed by atoms with Gasteiger partial charge in [0.05, 0.1) is 11.0 Å². The molecule has 0 spiro atoms. The summed E-state index contributed by atoms with van der Waals surface area (Å²) in [6, 6.07) is 9.52. The topological polar surface area (TPSA) is 71.8 Å². The van der Waals surface area contributed by atoms with Gasteiger partial charge in [0.25, 0.3) is 0 Å². The lowest BCUT2D eigenvalue weighted by Crippen LogP contribution is -1.95. The molecule has 7 heteroatoms. The van der Waals surface area contributed by atoms with Gasteiger partial charge >= 0.3 is 0 Å². The van der Waals surface area contributed by atoms with Crippen molar-refractivity contribution in [3.8, 4) is 11.4 Å². The number of nitrogens with one attached hydrogen (secondary N) is 1. The van der Waals surface area contributed by atoms with Crippen LogP contribution in [-0.2, 0) is 0 Å². The highest BCUT2D eigenvalue weighted by atomic mass is 35.5. The van der Waals surface area contributed by atoms with Crippen molar-refractivity contribution in [2.75, 3.05) is 0 Å². The van der Waals surface area contributed by atoms with E-state index >= 15 is 0 Å². The van der Waals surface area contributed by atoms with E-state index in [0.717, 1.165) is 11.0 Å². The molecule has 0 saturated heterocycles. The molecular formula is C12H7ClN6. The summed E-state index contributed by atoms with van der Waals surface area (Å²) in [6.07, 6.45) is 1.66. The zero-order valence-corrected chi connectivity index (χ0v) is 10.3. The highest BCUT2D eigenvalue weighted by molar-refractivity contribution is 6.29. The molecule has 4 rings (SSSR count). The maximum atomic E-state index is 5.86. The van der Waals surface area contributed by atoms with Crippen molar-refractivity contribution < 1.29 is 0 Å². The minimum atomic E-state index is 0.461. The van der Waals surface area contributed by atoms with Crippen LogP contribution in [0.25, 0.3) is 28.1 Å². The van der Waals surface area contributed by atoms with E-state index in [-0.39, 0.29) is 0 Å². The number of fused-ring (bicyclic) bond motifs is 3. The molecule has 0 fully saturated rings. The first-order chi connectivity index (χ1) is 9.33. The molecule has 0 aliphatic rings. The molecule has 3 heterocycles. The zero-order chi connectivity index (χ0) is 12.8. The molecule has 0 saturated carbocycles. The van der Waals surface area contributed by atoms with Crippen LogP contribution in [0.4, 0.5) is 0 Å². The maximum Gasteiger partial charge on any atom is 0.189 e. The lowest BCUT2D eigenvalue weighted by Gasteiger charge is -2.03. The van der Waals surface area contributed by atoms with Gasteiger partial charge in [-0.3, -0.25) is 9.50 Å². The van der Waals surface area contributed by atoms with Crippen molar-refractivity contribution in [1.82, 2.24) is 29.8 Å². The quantitative estimate of drug-likeness (QED) is 0.576. The number of nitrogens with zero attached hydrogens (tertiary/aromatic N) is 5. The van der Waals surface area contributed by atoms with Gasteiger partial charge in [-0.25, -0.2) is 4.98 Å². The molecule has 0 bridgehead atoms. The molecule has 1 N–H and O–H groups in total. The Hall–Kier alpha value is -2.47. The fraction of sp³-hybridized carbons (Fsp3) is 0. The van der Waals surface area contributed by atoms with Crippen LogP contribution in [0.3, 0.4) is 0 Å². The van der Waals surface area contributed by atoms with Crippen molar-refractivity contribution >= 4 is 28.3 Å². The van der Waals surface area contributed by atoms with Crippen LogP contribution in [0.5, 0.6) is 0 Å². The molecule has 19 heavy (non-hydrogen) atoms. The first kappa shape index (κ1) is 10.5. The van der Waals surface area contributed by atoms with Gasteiger partial charge < -0.3 is 0 Å². The molecule has 0 amide bonds. The first-order valence-electron chi connectivity index (χ1n) is 5.63. The number of hydrogen-bond acceptors (Lipinski definition) is 4. The molecular weight excluding hydrogens is 264 g/mol. The lowest BCUT2D eigenvalue weighted by atomic mass is 10.2. The molecule has 0 atom stereocenters. The Morgan fingerprint density at radius 2 is 2.11 bits per heavy atom. The molecule has 0 unspecified atom stereocenters. The largest absolute Gasteiger partial charge is 0.278 e. The van der Waals surface area contributed by atoms with E-state index in [1.165, 1.54) is 0 Å². The van der Waals surface area contributed by atoms with Crippen LogP contribution in [0.15, 0.2) is 36.7 Å². The minimum Gasteiger partial charge on any atom is -0.278 e. The van der Waals surface area contributed by atoms with Crippen LogP contribution >= 0.6 is 11.6 Å². The van der Waals surface area contributed by atoms with E-state index in [4.69, 9.17) is 11.6 Å². The monoisotopic (exact) mass is 270 g/mol. The second-order valence-corrected chi connectivity index (χ2v) is 4.48. The molecule has 1 aromatic carbocycles. The van der Waals surface area contributed by atoms with Crippen LogP contribution in [-0.4, -0.2) is 29.8 Å². The molecule has 6 nitrogen and oxygen atoms in total. The van der Waals surface area contributed by atoms with Gasteiger partial charge in [-0.05, 0) is 12.1 Å². The number of para-hydroxylation sites is 2. The van der Waals surface area contributed by atoms with Gasteiger partial charge in [-0.1, -0.05) is 23.7 Å². The lowest BCUT2D eigenvalue weighted by molar-refractivity contribution is 1.08. The summed E-state index contributed by atoms with van der Waals surface area (Å²) >= 11 is 5.86. The Bertz CT molecular complexity index is 893. The van der Waals surface area contributed by atoms with E-state index in [0.29, 0.717) is 22.2 Å². The summed E-state index contributed by atoms with van der Waals surface area (Å²) in [4.78, 5) is 4.59. The van der Waals surface area contributed by atoms with E-state index < -0.39 is 0 Å². The van der Waals surface area contributed by atoms with Crippen LogP contribution in [0.2, 0.25) is 5.15 Å². The van der Waals surface area contributed by atoms with E-state index in [2.05, 4.69) is 25.4 Å². The summed E-state index contributed by atoms with van der Waals surface area (Å²) < 4.78 is 1.89. The molecule has 0 aliphatic carbocycles. The van der Waals surface area contributed by atoms with Gasteiger partial charge in [0.15, 0.2) is 5.65 Å². The Labute approximate surface area is 112 Å². The number of benzene rings is 1. The summed E-state index contributed by atoms with van der Waals surface area (Å²) in [5.41, 5.74) is 3.76. The van der Waals surface area contributed by atoms with E-state index in [1.54, 1.807) is 12.4 Å². The van der Waals surface area contributed by atoms with Crippen LogP contribution < -0.4 is 0 Å². The SMILES string of the molecule is Clc1cc(-c2nc3ccccc3n3cnnc23)n[nH]1. The van der Waals surface area contributed by atoms with Crippen molar-refractivity contribution in [2.45, 2.75) is 0 Å². The van der Waals surface area contributed by atoms with Crippen molar-refractivity contribution in [2.24, 2.45) is 0 Å². The Kier molecular flexibility index (Phi) is 2.07. The van der Waals surface area contributed by atoms with Gasteiger partial charge in [-0.15, -0.1) is 10.2 Å². The Morgan fingerprint density at radius 1 is 1.21 bits per heavy atom. The molecule has 0 radical (unpaired) electrons. The van der Waals surface area contributed by atoms with Crippen molar-refractivity contribution in [3.05, 3.63) is 41.8 Å². The normalized spacial score (nSPS) is 11.4. The number of rotatable bonds is 1. The smallest absolute Gasteiger partial charge is 0.189 e. The number of halogens is 1. The standard InChI is InChI=1S/C12H7ClN6/c13-10-5-8(16-17-10)11-12-18-14-6-19(12)9-4-2-1-3-7(9)15-11/h1-6H,(H,16,17). The third-order valence-electron chi connectivity index (χ3n) is 2.92. The Balaban J connectivity index is 2.16. The molecule has 92 valence electrons. The van der Waals surface area contributed by atoms with Crippen LogP contribution in [0, 0.1) is 0 Å². The van der Waals surface area contributed by atoms with E-state index in [1.807, 2.05) is 28.7 Å². The third kappa shape index (κ3) is 1.50. The predicted octanol–water partition coefficient (Wildman–Crippen LogP) is 2.32. The number of aromatic amines is 1. The maximum absolute atomic E-state index is 5.86.